The van der Waals surface area contributed by atoms with Crippen LogP contribution in [0.4, 0.5) is 0 Å². The molecular formula is C16H22N4O3S. The van der Waals surface area contributed by atoms with E-state index in [2.05, 4.69) is 15.6 Å². The molecule has 24 heavy (non-hydrogen) atoms. The molecule has 0 saturated carbocycles. The van der Waals surface area contributed by atoms with Gasteiger partial charge in [0.2, 0.25) is 0 Å². The van der Waals surface area contributed by atoms with Crippen molar-refractivity contribution in [3.8, 4) is 0 Å². The summed E-state index contributed by atoms with van der Waals surface area (Å²) in [6.07, 6.45) is 2.58. The van der Waals surface area contributed by atoms with Gasteiger partial charge in [-0.1, -0.05) is 32.1 Å². The topological polar surface area (TPSA) is 97.1 Å². The number of carbonyl (C=O) groups excluding carboxylic acids is 1. The minimum atomic E-state index is -1.04. The van der Waals surface area contributed by atoms with Crippen LogP contribution in [0.1, 0.15) is 49.0 Å². The summed E-state index contributed by atoms with van der Waals surface area (Å²) in [5, 5.41) is 21.5. The molecule has 0 aliphatic rings. The van der Waals surface area contributed by atoms with Crippen molar-refractivity contribution in [1.29, 1.82) is 0 Å². The summed E-state index contributed by atoms with van der Waals surface area (Å²) in [4.78, 5) is 24.7. The molecule has 1 atom stereocenters. The van der Waals surface area contributed by atoms with Crippen LogP contribution < -0.4 is 5.32 Å². The van der Waals surface area contributed by atoms with Crippen LogP contribution >= 0.6 is 11.3 Å². The van der Waals surface area contributed by atoms with E-state index in [1.807, 2.05) is 38.3 Å². The number of rotatable bonds is 7. The normalized spacial score (nSPS) is 12.8. The lowest BCUT2D eigenvalue weighted by molar-refractivity contribution is -0.139. The molecule has 2 aromatic rings. The lowest BCUT2D eigenvalue weighted by atomic mass is 9.88. The average Bonchev–Trinajstić information content (AvgIpc) is 3.14. The van der Waals surface area contributed by atoms with Gasteiger partial charge in [0.05, 0.1) is 12.7 Å². The lowest BCUT2D eigenvalue weighted by Gasteiger charge is -2.21. The standard InChI is InChI=1S/C16H22N4O3S/c1-16(2,3)7-6-12(15(22)23)17-14(21)13-10-20(19-18-13)9-11-5-4-8-24-11/h4-5,8,10,12H,6-7,9H2,1-3H3,(H,17,21)(H,22,23). The predicted molar refractivity (Wildman–Crippen MR) is 91.0 cm³/mol. The molecule has 0 fully saturated rings. The van der Waals surface area contributed by atoms with Gasteiger partial charge in [0, 0.05) is 4.88 Å². The molecule has 130 valence electrons. The van der Waals surface area contributed by atoms with Crippen LogP contribution in [-0.2, 0) is 11.3 Å². The van der Waals surface area contributed by atoms with Crippen molar-refractivity contribution < 1.29 is 14.7 Å². The zero-order chi connectivity index (χ0) is 17.7. The first-order valence-corrected chi connectivity index (χ1v) is 8.59. The molecule has 0 aromatic carbocycles. The van der Waals surface area contributed by atoms with Gasteiger partial charge < -0.3 is 10.4 Å². The first kappa shape index (κ1) is 18.1. The Balaban J connectivity index is 1.97. The van der Waals surface area contributed by atoms with E-state index in [0.717, 1.165) is 4.88 Å². The zero-order valence-electron chi connectivity index (χ0n) is 14.0. The second-order valence-electron chi connectivity index (χ2n) is 6.84. The number of thiophene rings is 1. The molecule has 0 spiro atoms. The molecule has 1 amide bonds. The Bertz CT molecular complexity index is 688. The van der Waals surface area contributed by atoms with Crippen LogP contribution in [0.2, 0.25) is 0 Å². The SMILES string of the molecule is CC(C)(C)CCC(NC(=O)c1cn(Cc2cccs2)nn1)C(=O)O. The molecule has 0 saturated heterocycles. The largest absolute Gasteiger partial charge is 0.480 e. The van der Waals surface area contributed by atoms with E-state index in [1.165, 1.54) is 6.20 Å². The summed E-state index contributed by atoms with van der Waals surface area (Å²) in [5.41, 5.74) is 0.121. The fourth-order valence-corrected chi connectivity index (χ4v) is 2.80. The second kappa shape index (κ2) is 7.57. The van der Waals surface area contributed by atoms with E-state index in [4.69, 9.17) is 0 Å². The highest BCUT2D eigenvalue weighted by Gasteiger charge is 2.24. The maximum absolute atomic E-state index is 12.2. The van der Waals surface area contributed by atoms with Crippen molar-refractivity contribution in [3.63, 3.8) is 0 Å². The number of aliphatic carboxylic acids is 1. The molecule has 0 aliphatic carbocycles. The maximum atomic E-state index is 12.2. The van der Waals surface area contributed by atoms with Crippen LogP contribution in [0, 0.1) is 5.41 Å². The van der Waals surface area contributed by atoms with Crippen molar-refractivity contribution >= 4 is 23.2 Å². The van der Waals surface area contributed by atoms with Crippen molar-refractivity contribution in [2.24, 2.45) is 5.41 Å². The number of aromatic nitrogens is 3. The highest BCUT2D eigenvalue weighted by Crippen LogP contribution is 2.21. The van der Waals surface area contributed by atoms with Crippen LogP contribution in [0.5, 0.6) is 0 Å². The molecule has 7 nitrogen and oxygen atoms in total. The Morgan fingerprint density at radius 3 is 2.75 bits per heavy atom. The third-order valence-electron chi connectivity index (χ3n) is 3.46. The van der Waals surface area contributed by atoms with E-state index in [0.29, 0.717) is 19.4 Å². The van der Waals surface area contributed by atoms with E-state index in [-0.39, 0.29) is 11.1 Å². The zero-order valence-corrected chi connectivity index (χ0v) is 14.8. The third kappa shape index (κ3) is 5.45. The fraction of sp³-hybridized carbons (Fsp3) is 0.500. The number of nitrogens with zero attached hydrogens (tertiary/aromatic N) is 3. The van der Waals surface area contributed by atoms with E-state index >= 15 is 0 Å². The van der Waals surface area contributed by atoms with E-state index in [9.17, 15) is 14.7 Å². The summed E-state index contributed by atoms with van der Waals surface area (Å²) in [5.74, 6) is -1.56. The van der Waals surface area contributed by atoms with Crippen LogP contribution in [0.25, 0.3) is 0 Å². The summed E-state index contributed by atoms with van der Waals surface area (Å²) in [6.45, 7) is 6.63. The quantitative estimate of drug-likeness (QED) is 0.799. The summed E-state index contributed by atoms with van der Waals surface area (Å²) >= 11 is 1.59. The summed E-state index contributed by atoms with van der Waals surface area (Å²) in [6, 6.07) is 2.98. The third-order valence-corrected chi connectivity index (χ3v) is 4.32. The van der Waals surface area contributed by atoms with Gasteiger partial charge in [-0.05, 0) is 29.7 Å². The number of carbonyl (C=O) groups is 2. The smallest absolute Gasteiger partial charge is 0.326 e. The van der Waals surface area contributed by atoms with Gasteiger partial charge in [-0.3, -0.25) is 4.79 Å². The molecule has 0 bridgehead atoms. The minimum absolute atomic E-state index is 0.00225. The first-order chi connectivity index (χ1) is 11.2. The number of nitrogens with one attached hydrogen (secondary N) is 1. The molecule has 1 unspecified atom stereocenters. The van der Waals surface area contributed by atoms with Crippen LogP contribution in [0.3, 0.4) is 0 Å². The lowest BCUT2D eigenvalue weighted by Crippen LogP contribution is -2.41. The number of hydrogen-bond acceptors (Lipinski definition) is 5. The van der Waals surface area contributed by atoms with E-state index < -0.39 is 17.9 Å². The number of hydrogen-bond donors (Lipinski definition) is 2. The summed E-state index contributed by atoms with van der Waals surface area (Å²) < 4.78 is 1.56. The van der Waals surface area contributed by atoms with Gasteiger partial charge in [-0.15, -0.1) is 16.4 Å². The van der Waals surface area contributed by atoms with Crippen molar-refractivity contribution in [1.82, 2.24) is 20.3 Å². The molecule has 2 rings (SSSR count). The van der Waals surface area contributed by atoms with Crippen molar-refractivity contribution in [2.45, 2.75) is 46.2 Å². The molecule has 0 radical (unpaired) electrons. The van der Waals surface area contributed by atoms with Gasteiger partial charge in [0.25, 0.3) is 5.91 Å². The van der Waals surface area contributed by atoms with Gasteiger partial charge in [0.15, 0.2) is 5.69 Å². The highest BCUT2D eigenvalue weighted by molar-refractivity contribution is 7.09. The Kier molecular flexibility index (Phi) is 5.71. The Morgan fingerprint density at radius 1 is 1.42 bits per heavy atom. The summed E-state index contributed by atoms with van der Waals surface area (Å²) in [7, 11) is 0. The van der Waals surface area contributed by atoms with Gasteiger partial charge in [-0.2, -0.15) is 0 Å². The highest BCUT2D eigenvalue weighted by atomic mass is 32.1. The number of carboxylic acid groups (broad SMARTS) is 1. The monoisotopic (exact) mass is 350 g/mol. The molecule has 2 N–H and O–H groups in total. The Hall–Kier alpha value is -2.22. The molecule has 2 heterocycles. The van der Waals surface area contributed by atoms with Gasteiger partial charge >= 0.3 is 5.97 Å². The Morgan fingerprint density at radius 2 is 2.17 bits per heavy atom. The average molecular weight is 350 g/mol. The number of carboxylic acids is 1. The second-order valence-corrected chi connectivity index (χ2v) is 7.88. The van der Waals surface area contributed by atoms with Crippen LogP contribution in [0.15, 0.2) is 23.7 Å². The Labute approximate surface area is 144 Å². The molecule has 0 aliphatic heterocycles. The minimum Gasteiger partial charge on any atom is -0.480 e. The molecule has 2 aromatic heterocycles. The molecule has 8 heteroatoms. The maximum Gasteiger partial charge on any atom is 0.326 e. The predicted octanol–water partition coefficient (Wildman–Crippen LogP) is 2.40. The van der Waals surface area contributed by atoms with Crippen LogP contribution in [-0.4, -0.2) is 38.0 Å². The number of amides is 1. The fourth-order valence-electron chi connectivity index (χ4n) is 2.11. The van der Waals surface area contributed by atoms with Crippen molar-refractivity contribution in [3.05, 3.63) is 34.3 Å². The first-order valence-electron chi connectivity index (χ1n) is 7.71. The molecular weight excluding hydrogens is 328 g/mol. The van der Waals surface area contributed by atoms with Crippen molar-refractivity contribution in [2.75, 3.05) is 0 Å². The van der Waals surface area contributed by atoms with Gasteiger partial charge in [0.1, 0.15) is 6.04 Å². The van der Waals surface area contributed by atoms with Gasteiger partial charge in [-0.25, -0.2) is 9.48 Å². The van der Waals surface area contributed by atoms with E-state index in [1.54, 1.807) is 16.0 Å².